The molecule has 29 heavy (non-hydrogen) atoms. The SMILES string of the molecule is CCc1ccc(N2C[C@H](C(=O)O[C@H](C)C(=O)Nc3ccc(Cl)cn3)CC2=O)cc1. The van der Waals surface area contributed by atoms with Crippen LogP contribution in [0.5, 0.6) is 0 Å². The molecule has 1 saturated heterocycles. The van der Waals surface area contributed by atoms with Crippen molar-refractivity contribution in [1.82, 2.24) is 4.98 Å². The Morgan fingerprint density at radius 1 is 1.28 bits per heavy atom. The molecular weight excluding hydrogens is 394 g/mol. The van der Waals surface area contributed by atoms with E-state index in [2.05, 4.69) is 17.2 Å². The van der Waals surface area contributed by atoms with E-state index in [0.717, 1.165) is 12.1 Å². The zero-order valence-corrected chi connectivity index (χ0v) is 17.0. The molecule has 1 aromatic heterocycles. The third kappa shape index (κ3) is 5.12. The van der Waals surface area contributed by atoms with Gasteiger partial charge in [0, 0.05) is 24.8 Å². The summed E-state index contributed by atoms with van der Waals surface area (Å²) < 4.78 is 5.28. The van der Waals surface area contributed by atoms with E-state index in [1.165, 1.54) is 18.7 Å². The third-order valence-electron chi connectivity index (χ3n) is 4.76. The average Bonchev–Trinajstić information content (AvgIpc) is 3.11. The summed E-state index contributed by atoms with van der Waals surface area (Å²) in [7, 11) is 0. The summed E-state index contributed by atoms with van der Waals surface area (Å²) in [6.45, 7) is 3.76. The largest absolute Gasteiger partial charge is 0.452 e. The van der Waals surface area contributed by atoms with Gasteiger partial charge in [-0.05, 0) is 43.2 Å². The number of rotatable bonds is 6. The summed E-state index contributed by atoms with van der Waals surface area (Å²) in [5, 5.41) is 3.00. The van der Waals surface area contributed by atoms with Crippen molar-refractivity contribution >= 4 is 40.9 Å². The van der Waals surface area contributed by atoms with Gasteiger partial charge in [0.05, 0.1) is 10.9 Å². The van der Waals surface area contributed by atoms with Gasteiger partial charge in [0.2, 0.25) is 5.91 Å². The number of carbonyl (C=O) groups excluding carboxylic acids is 3. The van der Waals surface area contributed by atoms with Crippen LogP contribution < -0.4 is 10.2 Å². The number of pyridine rings is 1. The molecule has 0 unspecified atom stereocenters. The highest BCUT2D eigenvalue weighted by molar-refractivity contribution is 6.30. The molecule has 0 spiro atoms. The molecule has 0 saturated carbocycles. The number of anilines is 2. The lowest BCUT2D eigenvalue weighted by Crippen LogP contribution is -2.33. The van der Waals surface area contributed by atoms with Crippen LogP contribution in [-0.2, 0) is 25.5 Å². The second-order valence-corrected chi connectivity index (χ2v) is 7.29. The van der Waals surface area contributed by atoms with Crippen molar-refractivity contribution in [2.24, 2.45) is 5.92 Å². The summed E-state index contributed by atoms with van der Waals surface area (Å²) in [4.78, 5) is 42.6. The van der Waals surface area contributed by atoms with Gasteiger partial charge >= 0.3 is 5.97 Å². The normalized spacial score (nSPS) is 17.1. The molecule has 1 aliphatic heterocycles. The summed E-state index contributed by atoms with van der Waals surface area (Å²) >= 11 is 5.76. The van der Waals surface area contributed by atoms with Crippen LogP contribution in [0.4, 0.5) is 11.5 Å². The number of nitrogens with one attached hydrogen (secondary N) is 1. The molecule has 2 heterocycles. The minimum atomic E-state index is -1.02. The maximum absolute atomic E-state index is 12.5. The highest BCUT2D eigenvalue weighted by Gasteiger charge is 2.37. The van der Waals surface area contributed by atoms with Gasteiger partial charge in [0.25, 0.3) is 5.91 Å². The van der Waals surface area contributed by atoms with Crippen molar-refractivity contribution in [2.75, 3.05) is 16.8 Å². The fourth-order valence-electron chi connectivity index (χ4n) is 3.03. The Kier molecular flexibility index (Phi) is 6.49. The molecule has 2 amide bonds. The summed E-state index contributed by atoms with van der Waals surface area (Å²) in [5.41, 5.74) is 1.92. The van der Waals surface area contributed by atoms with E-state index >= 15 is 0 Å². The molecule has 3 rings (SSSR count). The number of esters is 1. The quantitative estimate of drug-likeness (QED) is 0.732. The predicted molar refractivity (Wildman–Crippen MR) is 110 cm³/mol. The maximum atomic E-state index is 12.5. The number of nitrogens with zero attached hydrogens (tertiary/aromatic N) is 2. The van der Waals surface area contributed by atoms with Crippen molar-refractivity contribution in [3.05, 3.63) is 53.2 Å². The number of halogens is 1. The minimum Gasteiger partial charge on any atom is -0.452 e. The fraction of sp³-hybridized carbons (Fsp3) is 0.333. The second kappa shape index (κ2) is 9.05. The lowest BCUT2D eigenvalue weighted by Gasteiger charge is -2.18. The molecule has 2 atom stereocenters. The van der Waals surface area contributed by atoms with E-state index in [-0.39, 0.29) is 18.9 Å². The zero-order valence-electron chi connectivity index (χ0n) is 16.2. The highest BCUT2D eigenvalue weighted by atomic mass is 35.5. The first-order valence-corrected chi connectivity index (χ1v) is 9.77. The molecule has 1 aliphatic rings. The summed E-state index contributed by atoms with van der Waals surface area (Å²) in [6, 6.07) is 10.8. The molecule has 1 fully saturated rings. The van der Waals surface area contributed by atoms with Crippen LogP contribution in [0.2, 0.25) is 5.02 Å². The van der Waals surface area contributed by atoms with Crippen LogP contribution in [0.15, 0.2) is 42.6 Å². The van der Waals surface area contributed by atoms with Crippen LogP contribution in [0.3, 0.4) is 0 Å². The lowest BCUT2D eigenvalue weighted by molar-refractivity contribution is -0.157. The van der Waals surface area contributed by atoms with E-state index < -0.39 is 23.9 Å². The minimum absolute atomic E-state index is 0.0570. The van der Waals surface area contributed by atoms with Gasteiger partial charge in [-0.2, -0.15) is 0 Å². The first-order valence-electron chi connectivity index (χ1n) is 9.39. The number of amides is 2. The Bertz CT molecular complexity index is 899. The number of aromatic nitrogens is 1. The zero-order chi connectivity index (χ0) is 21.0. The van der Waals surface area contributed by atoms with Crippen molar-refractivity contribution in [2.45, 2.75) is 32.8 Å². The lowest BCUT2D eigenvalue weighted by atomic mass is 10.1. The molecule has 0 bridgehead atoms. The third-order valence-corrected chi connectivity index (χ3v) is 4.98. The standard InChI is InChI=1S/C21H22ClN3O4/c1-3-14-4-7-17(8-5-14)25-12-15(10-19(25)26)21(28)29-13(2)20(27)24-18-9-6-16(22)11-23-18/h4-9,11,13,15H,3,10,12H2,1-2H3,(H,23,24,27)/t13-,15-/m1/s1. The van der Waals surface area contributed by atoms with Gasteiger partial charge in [0.1, 0.15) is 5.82 Å². The van der Waals surface area contributed by atoms with Crippen LogP contribution in [0.25, 0.3) is 0 Å². The van der Waals surface area contributed by atoms with E-state index in [1.807, 2.05) is 24.3 Å². The van der Waals surface area contributed by atoms with E-state index in [9.17, 15) is 14.4 Å². The Morgan fingerprint density at radius 3 is 2.62 bits per heavy atom. The second-order valence-electron chi connectivity index (χ2n) is 6.86. The topological polar surface area (TPSA) is 88.6 Å². The van der Waals surface area contributed by atoms with Crippen molar-refractivity contribution in [3.8, 4) is 0 Å². The molecule has 2 aromatic rings. The predicted octanol–water partition coefficient (Wildman–Crippen LogP) is 3.22. The van der Waals surface area contributed by atoms with E-state index in [0.29, 0.717) is 10.8 Å². The van der Waals surface area contributed by atoms with Crippen molar-refractivity contribution < 1.29 is 19.1 Å². The average molecular weight is 416 g/mol. The fourth-order valence-corrected chi connectivity index (χ4v) is 3.14. The van der Waals surface area contributed by atoms with Gasteiger partial charge in [-0.3, -0.25) is 14.4 Å². The Labute approximate surface area is 174 Å². The number of carbonyl (C=O) groups is 3. The highest BCUT2D eigenvalue weighted by Crippen LogP contribution is 2.26. The molecule has 1 N–H and O–H groups in total. The Hall–Kier alpha value is -2.93. The maximum Gasteiger partial charge on any atom is 0.312 e. The number of aryl methyl sites for hydroxylation is 1. The summed E-state index contributed by atoms with van der Waals surface area (Å²) in [5.74, 6) is -1.53. The van der Waals surface area contributed by atoms with E-state index in [4.69, 9.17) is 16.3 Å². The summed E-state index contributed by atoms with van der Waals surface area (Å²) in [6.07, 6.45) is 1.35. The van der Waals surface area contributed by atoms with Gasteiger partial charge < -0.3 is 15.0 Å². The van der Waals surface area contributed by atoms with Gasteiger partial charge in [-0.25, -0.2) is 4.98 Å². The smallest absolute Gasteiger partial charge is 0.312 e. The van der Waals surface area contributed by atoms with Crippen LogP contribution in [-0.4, -0.2) is 35.4 Å². The first-order chi connectivity index (χ1) is 13.9. The van der Waals surface area contributed by atoms with E-state index in [1.54, 1.807) is 17.0 Å². The molecule has 8 heteroatoms. The van der Waals surface area contributed by atoms with Crippen LogP contribution >= 0.6 is 11.6 Å². The van der Waals surface area contributed by atoms with Crippen LogP contribution in [0, 0.1) is 5.92 Å². The van der Waals surface area contributed by atoms with Crippen molar-refractivity contribution in [1.29, 1.82) is 0 Å². The molecule has 0 radical (unpaired) electrons. The van der Waals surface area contributed by atoms with Gasteiger partial charge in [0.15, 0.2) is 6.10 Å². The Morgan fingerprint density at radius 2 is 2.00 bits per heavy atom. The van der Waals surface area contributed by atoms with Crippen molar-refractivity contribution in [3.63, 3.8) is 0 Å². The molecular formula is C21H22ClN3O4. The molecule has 0 aliphatic carbocycles. The van der Waals surface area contributed by atoms with Crippen LogP contribution in [0.1, 0.15) is 25.8 Å². The number of benzene rings is 1. The molecule has 7 nitrogen and oxygen atoms in total. The van der Waals surface area contributed by atoms with Gasteiger partial charge in [-0.1, -0.05) is 30.7 Å². The number of ether oxygens (including phenoxy) is 1. The number of hydrogen-bond donors (Lipinski definition) is 1. The monoisotopic (exact) mass is 415 g/mol. The molecule has 152 valence electrons. The first kappa shape index (κ1) is 20.8. The van der Waals surface area contributed by atoms with Gasteiger partial charge in [-0.15, -0.1) is 0 Å². The Balaban J connectivity index is 1.56. The molecule has 1 aromatic carbocycles. The number of hydrogen-bond acceptors (Lipinski definition) is 5.